The number of aryl methyl sites for hydroxylation is 1. The molecule has 2 aromatic heterocycles. The molecule has 41 heavy (non-hydrogen) atoms. The molecule has 0 amide bonds. The van der Waals surface area contributed by atoms with E-state index in [2.05, 4.69) is 20.0 Å². The van der Waals surface area contributed by atoms with E-state index >= 15 is 8.78 Å². The molecule has 4 rings (SSSR count). The van der Waals surface area contributed by atoms with Crippen molar-refractivity contribution in [2.24, 2.45) is 0 Å². The minimum atomic E-state index is -3.70. The van der Waals surface area contributed by atoms with Crippen LogP contribution in [0, 0.1) is 6.92 Å². The second-order valence-corrected chi connectivity index (χ2v) is 13.0. The molecule has 1 saturated heterocycles. The molecule has 2 N–H and O–H groups in total. The number of halogens is 2. The Balaban J connectivity index is 1.63. The topological polar surface area (TPSA) is 133 Å². The summed E-state index contributed by atoms with van der Waals surface area (Å²) in [5.41, 5.74) is -2.13. The Kier molecular flexibility index (Phi) is 8.98. The van der Waals surface area contributed by atoms with E-state index in [-0.39, 0.29) is 18.0 Å². The predicted molar refractivity (Wildman–Crippen MR) is 150 cm³/mol. The van der Waals surface area contributed by atoms with Crippen LogP contribution in [0.1, 0.15) is 32.8 Å². The zero-order valence-corrected chi connectivity index (χ0v) is 25.2. The molecule has 1 fully saturated rings. The minimum Gasteiger partial charge on any atom is -0.465 e. The fourth-order valence-electron chi connectivity index (χ4n) is 4.29. The smallest absolute Gasteiger partial charge is 0.323 e. The number of anilines is 1. The third-order valence-corrected chi connectivity index (χ3v) is 8.80. The largest absolute Gasteiger partial charge is 0.465 e. The van der Waals surface area contributed by atoms with Gasteiger partial charge in [-0.1, -0.05) is 18.2 Å². The van der Waals surface area contributed by atoms with Crippen LogP contribution in [0.2, 0.25) is 0 Å². The number of aromatic nitrogens is 4. The number of nitrogens with zero attached hydrogens (tertiary/aromatic N) is 5. The number of para-hydroxylation sites is 1. The molecule has 0 saturated carbocycles. The lowest BCUT2D eigenvalue weighted by atomic mass is 9.97. The van der Waals surface area contributed by atoms with Crippen LogP contribution in [0.4, 0.5) is 14.6 Å². The molecule has 1 aliphatic rings. The van der Waals surface area contributed by atoms with Crippen molar-refractivity contribution in [2.45, 2.75) is 57.6 Å². The summed E-state index contributed by atoms with van der Waals surface area (Å²) in [7, 11) is 3.52. The van der Waals surface area contributed by atoms with Crippen LogP contribution in [0.25, 0.3) is 11.2 Å². The normalized spacial score (nSPS) is 26.5. The Morgan fingerprint density at radius 1 is 1.32 bits per heavy atom. The molecule has 3 aromatic rings. The van der Waals surface area contributed by atoms with Gasteiger partial charge in [0.25, 0.3) is 5.85 Å². The van der Waals surface area contributed by atoms with E-state index in [1.807, 2.05) is 0 Å². The van der Waals surface area contributed by atoms with Gasteiger partial charge in [-0.2, -0.15) is 0 Å². The van der Waals surface area contributed by atoms with E-state index in [1.165, 1.54) is 17.8 Å². The highest BCUT2D eigenvalue weighted by molar-refractivity contribution is 8.09. The molecule has 224 valence electrons. The highest BCUT2D eigenvalue weighted by Crippen LogP contribution is 2.52. The van der Waals surface area contributed by atoms with Gasteiger partial charge in [0.05, 0.1) is 12.9 Å². The zero-order chi connectivity index (χ0) is 30.2. The van der Waals surface area contributed by atoms with Crippen LogP contribution in [0.5, 0.6) is 5.75 Å². The molecular weight excluding hydrogens is 581 g/mol. The third-order valence-electron chi connectivity index (χ3n) is 6.32. The van der Waals surface area contributed by atoms with Crippen molar-refractivity contribution in [2.75, 3.05) is 32.2 Å². The van der Waals surface area contributed by atoms with Gasteiger partial charge in [-0.05, 0) is 51.6 Å². The highest BCUT2D eigenvalue weighted by Gasteiger charge is 2.65. The third kappa shape index (κ3) is 6.35. The van der Waals surface area contributed by atoms with Gasteiger partial charge in [0.15, 0.2) is 35.0 Å². The first-order valence-corrected chi connectivity index (χ1v) is 15.4. The SMILES string of the molecule is CCOC(=O)[C@@H](C)N[P@](=S)(OC[C@@]1(F)O[C@@H](n2cnc3c(N(C)C)nc(C)nc32)[C@](C)(F)[C@@H]1O)Oc1ccccc1. The molecule has 0 spiro atoms. The number of carbonyl (C=O) groups excluding carboxylic acids is 1. The fourth-order valence-corrected chi connectivity index (χ4v) is 6.69. The number of carbonyl (C=O) groups is 1. The summed E-state index contributed by atoms with van der Waals surface area (Å²) in [4.78, 5) is 27.0. The number of hydrogen-bond acceptors (Lipinski definition) is 11. The van der Waals surface area contributed by atoms with Crippen LogP contribution < -0.4 is 14.5 Å². The second-order valence-electron chi connectivity index (χ2n) is 9.90. The van der Waals surface area contributed by atoms with Gasteiger partial charge in [0, 0.05) is 14.1 Å². The number of ether oxygens (including phenoxy) is 2. The van der Waals surface area contributed by atoms with Crippen LogP contribution in [0.15, 0.2) is 36.7 Å². The Morgan fingerprint density at radius 3 is 2.63 bits per heavy atom. The highest BCUT2D eigenvalue weighted by atomic mass is 32.5. The molecule has 0 bridgehead atoms. The number of hydrogen-bond donors (Lipinski definition) is 2. The van der Waals surface area contributed by atoms with Gasteiger partial charge >= 0.3 is 12.6 Å². The monoisotopic (exact) mass is 614 g/mol. The van der Waals surface area contributed by atoms with Gasteiger partial charge in [0.2, 0.25) is 0 Å². The molecule has 12 nitrogen and oxygen atoms in total. The standard InChI is InChI=1S/C25H33F2N6O6PS/c1-7-36-21(34)15(2)31-40(41,39-17-11-9-8-10-12-17)37-13-25(27)22(35)24(4,26)23(38-25)33-14-28-18-19(32(5)6)29-16(3)30-20(18)33/h8-12,14-15,22-23,35H,7,13H2,1-6H3,(H,31,41)/t15-,22+,23-,24-,25-,40+/m1/s1. The van der Waals surface area contributed by atoms with Crippen LogP contribution in [0.3, 0.4) is 0 Å². The molecule has 16 heteroatoms. The number of fused-ring (bicyclic) bond motifs is 1. The number of esters is 1. The van der Waals surface area contributed by atoms with Gasteiger partial charge in [-0.15, -0.1) is 0 Å². The molecule has 0 unspecified atom stereocenters. The molecule has 6 atom stereocenters. The number of nitrogens with one attached hydrogen (secondary N) is 1. The maximum Gasteiger partial charge on any atom is 0.323 e. The first kappa shape index (κ1) is 31.1. The fraction of sp³-hybridized carbons (Fsp3) is 0.520. The van der Waals surface area contributed by atoms with E-state index in [4.69, 9.17) is 30.3 Å². The lowest BCUT2D eigenvalue weighted by molar-refractivity contribution is -0.202. The van der Waals surface area contributed by atoms with Crippen molar-refractivity contribution in [1.29, 1.82) is 0 Å². The summed E-state index contributed by atoms with van der Waals surface area (Å²) in [6.45, 7) is 1.19. The van der Waals surface area contributed by atoms with Gasteiger partial charge in [0.1, 0.15) is 24.2 Å². The van der Waals surface area contributed by atoms with E-state index in [0.717, 1.165) is 6.92 Å². The quantitative estimate of drug-likeness (QED) is 0.242. The summed E-state index contributed by atoms with van der Waals surface area (Å²) in [6, 6.07) is 7.33. The molecule has 0 radical (unpaired) electrons. The first-order chi connectivity index (χ1) is 19.2. The zero-order valence-electron chi connectivity index (χ0n) is 23.4. The van der Waals surface area contributed by atoms with Crippen molar-refractivity contribution in [3.8, 4) is 5.75 Å². The number of alkyl halides is 2. The number of aliphatic hydroxyl groups excluding tert-OH is 1. The van der Waals surface area contributed by atoms with Crippen molar-refractivity contribution in [3.05, 3.63) is 42.5 Å². The van der Waals surface area contributed by atoms with Crippen LogP contribution in [-0.2, 0) is 30.6 Å². The number of benzene rings is 1. The van der Waals surface area contributed by atoms with Gasteiger partial charge in [-0.25, -0.2) is 28.8 Å². The summed E-state index contributed by atoms with van der Waals surface area (Å²) in [6.07, 6.45) is -2.74. The van der Waals surface area contributed by atoms with Crippen molar-refractivity contribution in [1.82, 2.24) is 24.6 Å². The summed E-state index contributed by atoms with van der Waals surface area (Å²) in [5.74, 6) is -2.58. The molecule has 3 heterocycles. The Bertz CT molecular complexity index is 1450. The Morgan fingerprint density at radius 2 is 2.00 bits per heavy atom. The molecular formula is C25H33F2N6O6PS. The average molecular weight is 615 g/mol. The number of rotatable bonds is 11. The van der Waals surface area contributed by atoms with E-state index in [1.54, 1.807) is 63.2 Å². The Hall–Kier alpha value is -2.81. The lowest BCUT2D eigenvalue weighted by Gasteiger charge is -2.30. The lowest BCUT2D eigenvalue weighted by Crippen LogP contribution is -2.47. The molecule has 1 aliphatic heterocycles. The van der Waals surface area contributed by atoms with E-state index in [9.17, 15) is 9.90 Å². The van der Waals surface area contributed by atoms with Crippen molar-refractivity contribution in [3.63, 3.8) is 0 Å². The van der Waals surface area contributed by atoms with E-state index < -0.39 is 49.1 Å². The van der Waals surface area contributed by atoms with Crippen LogP contribution >= 0.6 is 6.64 Å². The maximum absolute atomic E-state index is 16.3. The Labute approximate surface area is 241 Å². The van der Waals surface area contributed by atoms with Gasteiger partial charge in [-0.3, -0.25) is 9.36 Å². The summed E-state index contributed by atoms with van der Waals surface area (Å²) >= 11 is 5.58. The van der Waals surface area contributed by atoms with E-state index in [0.29, 0.717) is 17.2 Å². The summed E-state index contributed by atoms with van der Waals surface area (Å²) in [5, 5.41) is 13.6. The number of imidazole rings is 1. The molecule has 0 aliphatic carbocycles. The van der Waals surface area contributed by atoms with Crippen molar-refractivity contribution >= 4 is 41.4 Å². The number of aliphatic hydroxyl groups is 1. The summed E-state index contributed by atoms with van der Waals surface area (Å²) < 4.78 is 55.7. The molecule has 1 aromatic carbocycles. The maximum atomic E-state index is 16.3. The van der Waals surface area contributed by atoms with Crippen LogP contribution in [-0.4, -0.2) is 81.6 Å². The van der Waals surface area contributed by atoms with Gasteiger partial charge < -0.3 is 28.5 Å². The first-order valence-electron chi connectivity index (χ1n) is 12.8. The average Bonchev–Trinajstić information content (AvgIpc) is 3.40. The minimum absolute atomic E-state index is 0.127. The predicted octanol–water partition coefficient (Wildman–Crippen LogP) is 3.35. The van der Waals surface area contributed by atoms with Crippen molar-refractivity contribution < 1.29 is 37.2 Å². The second kappa shape index (κ2) is 11.8.